The Morgan fingerprint density at radius 2 is 1.92 bits per heavy atom. The summed E-state index contributed by atoms with van der Waals surface area (Å²) in [6, 6.07) is 0. The van der Waals surface area contributed by atoms with Gasteiger partial charge in [0.25, 0.3) is 0 Å². The number of carbonyl (C=O) groups excluding carboxylic acids is 1. The smallest absolute Gasteiger partial charge is 0.120 e. The van der Waals surface area contributed by atoms with Crippen molar-refractivity contribution in [2.24, 2.45) is 0 Å². The molecule has 0 atom stereocenters. The van der Waals surface area contributed by atoms with Crippen LogP contribution in [0.1, 0.15) is 12.8 Å². The van der Waals surface area contributed by atoms with Crippen molar-refractivity contribution < 1.29 is 4.79 Å². The molecule has 12 heavy (non-hydrogen) atoms. The summed E-state index contributed by atoms with van der Waals surface area (Å²) in [5.41, 5.74) is 0. The molecule has 0 heterocycles. The predicted molar refractivity (Wildman–Crippen MR) is 58.8 cm³/mol. The SMILES string of the molecule is CN(C)CCSSCCCC=O. The minimum absolute atomic E-state index is 0.710. The lowest BCUT2D eigenvalue weighted by Crippen LogP contribution is -2.14. The fourth-order valence-electron chi connectivity index (χ4n) is 0.563. The second kappa shape index (κ2) is 9.42. The standard InChI is InChI=1S/C8H17NOS2/c1-9(2)5-8-12-11-7-4-3-6-10/h6H,3-5,7-8H2,1-2H3. The van der Waals surface area contributed by atoms with Gasteiger partial charge < -0.3 is 9.69 Å². The number of hydrogen-bond acceptors (Lipinski definition) is 4. The summed E-state index contributed by atoms with van der Waals surface area (Å²) < 4.78 is 0. The molecule has 0 aliphatic rings. The molecule has 0 aromatic rings. The average Bonchev–Trinajstić information content (AvgIpc) is 2.02. The van der Waals surface area contributed by atoms with Crippen LogP contribution in [0.3, 0.4) is 0 Å². The van der Waals surface area contributed by atoms with Crippen LogP contribution in [0, 0.1) is 0 Å². The molecule has 0 radical (unpaired) electrons. The highest BCUT2D eigenvalue weighted by Crippen LogP contribution is 2.21. The fraction of sp³-hybridized carbons (Fsp3) is 0.875. The first kappa shape index (κ1) is 12.3. The highest BCUT2D eigenvalue weighted by molar-refractivity contribution is 8.76. The van der Waals surface area contributed by atoms with Crippen molar-refractivity contribution >= 4 is 27.9 Å². The number of aldehydes is 1. The van der Waals surface area contributed by atoms with Gasteiger partial charge in [-0.3, -0.25) is 0 Å². The fourth-order valence-corrected chi connectivity index (χ4v) is 2.81. The van der Waals surface area contributed by atoms with Crippen molar-refractivity contribution in [3.8, 4) is 0 Å². The van der Waals surface area contributed by atoms with Crippen LogP contribution in [0.2, 0.25) is 0 Å². The molecule has 2 nitrogen and oxygen atoms in total. The van der Waals surface area contributed by atoms with E-state index in [4.69, 9.17) is 0 Å². The van der Waals surface area contributed by atoms with E-state index < -0.39 is 0 Å². The second-order valence-electron chi connectivity index (χ2n) is 2.76. The molecule has 0 bridgehead atoms. The zero-order valence-corrected chi connectivity index (χ0v) is 9.42. The largest absolute Gasteiger partial charge is 0.309 e. The molecule has 0 spiro atoms. The highest BCUT2D eigenvalue weighted by Gasteiger charge is 1.92. The molecule has 0 N–H and O–H groups in total. The van der Waals surface area contributed by atoms with Crippen LogP contribution in [-0.2, 0) is 4.79 Å². The summed E-state index contributed by atoms with van der Waals surface area (Å²) in [6.45, 7) is 1.13. The van der Waals surface area contributed by atoms with Crippen LogP contribution in [0.25, 0.3) is 0 Å². The van der Waals surface area contributed by atoms with E-state index in [1.165, 1.54) is 5.75 Å². The number of hydrogen-bond donors (Lipinski definition) is 0. The highest BCUT2D eigenvalue weighted by atomic mass is 33.1. The van der Waals surface area contributed by atoms with Crippen molar-refractivity contribution in [2.45, 2.75) is 12.8 Å². The van der Waals surface area contributed by atoms with Gasteiger partial charge in [-0.05, 0) is 20.5 Å². The third kappa shape index (κ3) is 10.3. The van der Waals surface area contributed by atoms with Gasteiger partial charge in [-0.15, -0.1) is 0 Å². The third-order valence-corrected chi connectivity index (χ3v) is 3.73. The lowest BCUT2D eigenvalue weighted by molar-refractivity contribution is -0.107. The maximum Gasteiger partial charge on any atom is 0.120 e. The van der Waals surface area contributed by atoms with E-state index in [1.54, 1.807) is 0 Å². The molecule has 0 saturated carbocycles. The van der Waals surface area contributed by atoms with Crippen molar-refractivity contribution in [3.05, 3.63) is 0 Å². The molecule has 0 rings (SSSR count). The first-order chi connectivity index (χ1) is 5.77. The van der Waals surface area contributed by atoms with E-state index in [0.29, 0.717) is 6.42 Å². The van der Waals surface area contributed by atoms with Crippen molar-refractivity contribution in [1.29, 1.82) is 0 Å². The molecule has 0 aliphatic carbocycles. The van der Waals surface area contributed by atoms with Crippen LogP contribution >= 0.6 is 21.6 Å². The first-order valence-corrected chi connectivity index (χ1v) is 6.59. The molecule has 4 heteroatoms. The topological polar surface area (TPSA) is 20.3 Å². The number of carbonyl (C=O) groups is 1. The van der Waals surface area contributed by atoms with E-state index in [2.05, 4.69) is 19.0 Å². The zero-order chi connectivity index (χ0) is 9.23. The monoisotopic (exact) mass is 207 g/mol. The lowest BCUT2D eigenvalue weighted by Gasteiger charge is -2.07. The van der Waals surface area contributed by atoms with E-state index in [1.807, 2.05) is 21.6 Å². The molecular weight excluding hydrogens is 190 g/mol. The molecule has 0 unspecified atom stereocenters. The Labute approximate surface area is 82.9 Å². The number of nitrogens with zero attached hydrogens (tertiary/aromatic N) is 1. The number of rotatable bonds is 8. The van der Waals surface area contributed by atoms with Crippen LogP contribution in [0.4, 0.5) is 0 Å². The summed E-state index contributed by atoms with van der Waals surface area (Å²) in [7, 11) is 7.92. The number of unbranched alkanes of at least 4 members (excludes halogenated alkanes) is 1. The van der Waals surface area contributed by atoms with Crippen molar-refractivity contribution in [1.82, 2.24) is 4.90 Å². The molecule has 0 amide bonds. The minimum atomic E-state index is 0.710. The molecule has 0 aromatic heterocycles. The Morgan fingerprint density at radius 3 is 2.50 bits per heavy atom. The summed E-state index contributed by atoms with van der Waals surface area (Å²) in [4.78, 5) is 12.1. The van der Waals surface area contributed by atoms with Gasteiger partial charge in [0.2, 0.25) is 0 Å². The minimum Gasteiger partial charge on any atom is -0.309 e. The van der Waals surface area contributed by atoms with Crippen LogP contribution in [0.15, 0.2) is 0 Å². The van der Waals surface area contributed by atoms with Gasteiger partial charge in [0.15, 0.2) is 0 Å². The van der Waals surface area contributed by atoms with Crippen LogP contribution < -0.4 is 0 Å². The molecule has 0 fully saturated rings. The second-order valence-corrected chi connectivity index (χ2v) is 5.46. The van der Waals surface area contributed by atoms with Gasteiger partial charge in [0.05, 0.1) is 0 Å². The van der Waals surface area contributed by atoms with Gasteiger partial charge >= 0.3 is 0 Å². The molecule has 0 saturated heterocycles. The van der Waals surface area contributed by atoms with Crippen molar-refractivity contribution in [3.63, 3.8) is 0 Å². The van der Waals surface area contributed by atoms with E-state index in [0.717, 1.165) is 25.0 Å². The maximum absolute atomic E-state index is 9.96. The Kier molecular flexibility index (Phi) is 9.68. The Balaban J connectivity index is 2.86. The van der Waals surface area contributed by atoms with E-state index in [-0.39, 0.29) is 0 Å². The Bertz CT molecular complexity index is 109. The quantitative estimate of drug-likeness (QED) is 0.344. The van der Waals surface area contributed by atoms with Crippen LogP contribution in [-0.4, -0.2) is 43.3 Å². The Morgan fingerprint density at radius 1 is 1.25 bits per heavy atom. The Hall–Kier alpha value is 0.330. The molecular formula is C8H17NOS2. The third-order valence-electron chi connectivity index (χ3n) is 1.25. The molecule has 0 aliphatic heterocycles. The van der Waals surface area contributed by atoms with Gasteiger partial charge in [-0.1, -0.05) is 21.6 Å². The predicted octanol–water partition coefficient (Wildman–Crippen LogP) is 1.91. The lowest BCUT2D eigenvalue weighted by atomic mass is 10.4. The normalized spacial score (nSPS) is 10.6. The van der Waals surface area contributed by atoms with Gasteiger partial charge in [-0.2, -0.15) is 0 Å². The van der Waals surface area contributed by atoms with Crippen LogP contribution in [0.5, 0.6) is 0 Å². The molecule has 72 valence electrons. The average molecular weight is 207 g/mol. The molecule has 0 aromatic carbocycles. The first-order valence-electron chi connectivity index (χ1n) is 4.10. The summed E-state index contributed by atoms with van der Waals surface area (Å²) in [5.74, 6) is 2.26. The van der Waals surface area contributed by atoms with Gasteiger partial charge in [-0.25, -0.2) is 0 Å². The summed E-state index contributed by atoms with van der Waals surface area (Å²) in [5, 5.41) is 0. The van der Waals surface area contributed by atoms with Gasteiger partial charge in [0, 0.05) is 24.5 Å². The maximum atomic E-state index is 9.96. The van der Waals surface area contributed by atoms with E-state index in [9.17, 15) is 4.79 Å². The summed E-state index contributed by atoms with van der Waals surface area (Å²) >= 11 is 0. The van der Waals surface area contributed by atoms with E-state index >= 15 is 0 Å². The zero-order valence-electron chi connectivity index (χ0n) is 7.78. The van der Waals surface area contributed by atoms with Gasteiger partial charge in [0.1, 0.15) is 6.29 Å². The van der Waals surface area contributed by atoms with Crippen molar-refractivity contribution in [2.75, 3.05) is 32.1 Å². The summed E-state index contributed by atoms with van der Waals surface area (Å²) in [6.07, 6.45) is 2.72.